The van der Waals surface area contributed by atoms with Gasteiger partial charge in [-0.25, -0.2) is 4.98 Å². The van der Waals surface area contributed by atoms with Crippen LogP contribution in [-0.2, 0) is 11.4 Å². The largest absolute Gasteiger partial charge is 0.487 e. The zero-order valence-electron chi connectivity index (χ0n) is 18.5. The molecule has 0 fully saturated rings. The molecule has 7 heteroatoms. The van der Waals surface area contributed by atoms with E-state index in [0.717, 1.165) is 5.56 Å². The van der Waals surface area contributed by atoms with Crippen LogP contribution in [0.1, 0.15) is 24.6 Å². The van der Waals surface area contributed by atoms with Crippen LogP contribution in [0.5, 0.6) is 11.5 Å². The van der Waals surface area contributed by atoms with Gasteiger partial charge >= 0.3 is 0 Å². The van der Waals surface area contributed by atoms with Gasteiger partial charge in [-0.2, -0.15) is 0 Å². The quantitative estimate of drug-likeness (QED) is 0.437. The molecule has 7 nitrogen and oxygen atoms in total. The Labute approximate surface area is 191 Å². The first-order valence-electron chi connectivity index (χ1n) is 10.8. The monoisotopic (exact) mass is 443 g/mol. The Morgan fingerprint density at radius 1 is 1.03 bits per heavy atom. The molecule has 0 saturated carbocycles. The summed E-state index contributed by atoms with van der Waals surface area (Å²) in [5.41, 5.74) is 2.48. The van der Waals surface area contributed by atoms with E-state index in [1.54, 1.807) is 30.5 Å². The Morgan fingerprint density at radius 2 is 1.82 bits per heavy atom. The normalized spacial score (nSPS) is 11.7. The maximum Gasteiger partial charge on any atom is 0.265 e. The summed E-state index contributed by atoms with van der Waals surface area (Å²) in [6, 6.07) is 21.5. The van der Waals surface area contributed by atoms with Crippen LogP contribution >= 0.6 is 0 Å². The number of hydrogen-bond donors (Lipinski definition) is 1. The SMILES string of the molecule is CC[C@@H](Oc1ccccc1)C(=O)Nc1cccc(OCc2cc(=O)n3cccc(C)c3n2)c1. The van der Waals surface area contributed by atoms with Gasteiger partial charge < -0.3 is 14.8 Å². The van der Waals surface area contributed by atoms with Crippen molar-refractivity contribution in [2.24, 2.45) is 0 Å². The Morgan fingerprint density at radius 3 is 2.61 bits per heavy atom. The van der Waals surface area contributed by atoms with Crippen LogP contribution in [-0.4, -0.2) is 21.4 Å². The Hall–Kier alpha value is -4.13. The summed E-state index contributed by atoms with van der Waals surface area (Å²) in [5, 5.41) is 2.88. The summed E-state index contributed by atoms with van der Waals surface area (Å²) in [6.45, 7) is 3.93. The number of aryl methyl sites for hydroxylation is 1. The number of benzene rings is 2. The Balaban J connectivity index is 1.43. The molecule has 4 aromatic rings. The molecule has 0 saturated heterocycles. The molecule has 0 bridgehead atoms. The predicted molar refractivity (Wildman–Crippen MR) is 127 cm³/mol. The van der Waals surface area contributed by atoms with E-state index in [2.05, 4.69) is 10.3 Å². The van der Waals surface area contributed by atoms with E-state index in [0.29, 0.717) is 34.9 Å². The smallest absolute Gasteiger partial charge is 0.265 e. The van der Waals surface area contributed by atoms with Crippen LogP contribution in [0.2, 0.25) is 0 Å². The van der Waals surface area contributed by atoms with Crippen LogP contribution in [0, 0.1) is 6.92 Å². The van der Waals surface area contributed by atoms with Gasteiger partial charge in [0.2, 0.25) is 0 Å². The molecule has 1 atom stereocenters. The van der Waals surface area contributed by atoms with E-state index in [1.165, 1.54) is 10.5 Å². The summed E-state index contributed by atoms with van der Waals surface area (Å²) in [5.74, 6) is 0.959. The summed E-state index contributed by atoms with van der Waals surface area (Å²) in [6.07, 6.45) is 1.61. The minimum atomic E-state index is -0.616. The fourth-order valence-electron chi connectivity index (χ4n) is 3.41. The Bertz CT molecular complexity index is 1320. The number of anilines is 1. The molecule has 33 heavy (non-hydrogen) atoms. The van der Waals surface area contributed by atoms with Crippen LogP contribution in [0.25, 0.3) is 5.65 Å². The molecule has 1 N–H and O–H groups in total. The third-order valence-electron chi connectivity index (χ3n) is 5.11. The molecule has 0 aliphatic rings. The highest BCUT2D eigenvalue weighted by Gasteiger charge is 2.18. The van der Waals surface area contributed by atoms with Gasteiger partial charge in [-0.05, 0) is 49.2 Å². The van der Waals surface area contributed by atoms with Gasteiger partial charge in [0.1, 0.15) is 23.8 Å². The number of fused-ring (bicyclic) bond motifs is 1. The molecule has 2 heterocycles. The highest BCUT2D eigenvalue weighted by atomic mass is 16.5. The van der Waals surface area contributed by atoms with Crippen molar-refractivity contribution in [3.05, 3.63) is 101 Å². The van der Waals surface area contributed by atoms with Crippen LogP contribution in [0.3, 0.4) is 0 Å². The Kier molecular flexibility index (Phi) is 6.69. The van der Waals surface area contributed by atoms with Crippen LogP contribution in [0.15, 0.2) is 83.8 Å². The number of rotatable bonds is 8. The first-order valence-corrected chi connectivity index (χ1v) is 10.8. The number of carbonyl (C=O) groups excluding carboxylic acids is 1. The van der Waals surface area contributed by atoms with E-state index < -0.39 is 6.10 Å². The standard InChI is InChI=1S/C26H25N3O4/c1-3-23(33-21-11-5-4-6-12-21)26(31)28-19-10-7-13-22(15-19)32-17-20-16-24(30)29-14-8-9-18(2)25(29)27-20/h4-16,23H,3,17H2,1-2H3,(H,28,31)/t23-/m1/s1. The van der Waals surface area contributed by atoms with Crippen LogP contribution < -0.4 is 20.3 Å². The highest BCUT2D eigenvalue weighted by molar-refractivity contribution is 5.94. The maximum absolute atomic E-state index is 12.7. The number of carbonyl (C=O) groups is 1. The molecule has 0 aliphatic heterocycles. The molecule has 0 unspecified atom stereocenters. The molecular weight excluding hydrogens is 418 g/mol. The van der Waals surface area contributed by atoms with Gasteiger partial charge in [0.15, 0.2) is 6.10 Å². The number of hydrogen-bond acceptors (Lipinski definition) is 5. The molecule has 0 aliphatic carbocycles. The van der Waals surface area contributed by atoms with Crippen molar-refractivity contribution < 1.29 is 14.3 Å². The van der Waals surface area contributed by atoms with Crippen molar-refractivity contribution in [2.75, 3.05) is 5.32 Å². The maximum atomic E-state index is 12.7. The highest BCUT2D eigenvalue weighted by Crippen LogP contribution is 2.20. The number of aromatic nitrogens is 2. The number of nitrogens with one attached hydrogen (secondary N) is 1. The van der Waals surface area contributed by atoms with Crippen molar-refractivity contribution in [3.8, 4) is 11.5 Å². The number of nitrogens with zero attached hydrogens (tertiary/aromatic N) is 2. The summed E-state index contributed by atoms with van der Waals surface area (Å²) < 4.78 is 13.2. The predicted octanol–water partition coefficient (Wildman–Crippen LogP) is 4.38. The lowest BCUT2D eigenvalue weighted by atomic mass is 10.2. The molecule has 2 aromatic heterocycles. The van der Waals surface area contributed by atoms with Crippen molar-refractivity contribution in [3.63, 3.8) is 0 Å². The van der Waals surface area contributed by atoms with Crippen molar-refractivity contribution in [2.45, 2.75) is 33.0 Å². The second kappa shape index (κ2) is 9.99. The molecule has 0 spiro atoms. The van der Waals surface area contributed by atoms with Gasteiger partial charge in [0.05, 0.1) is 5.69 Å². The zero-order valence-corrected chi connectivity index (χ0v) is 18.5. The molecular formula is C26H25N3O4. The lowest BCUT2D eigenvalue weighted by molar-refractivity contribution is -0.122. The van der Waals surface area contributed by atoms with Crippen molar-refractivity contribution in [1.29, 1.82) is 0 Å². The zero-order chi connectivity index (χ0) is 23.2. The second-order valence-corrected chi connectivity index (χ2v) is 7.60. The van der Waals surface area contributed by atoms with Gasteiger partial charge in [-0.15, -0.1) is 0 Å². The number of pyridine rings is 1. The minimum absolute atomic E-state index is 0.131. The average Bonchev–Trinajstić information content (AvgIpc) is 2.83. The van der Waals surface area contributed by atoms with E-state index >= 15 is 0 Å². The topological polar surface area (TPSA) is 81.9 Å². The summed E-state index contributed by atoms with van der Waals surface area (Å²) >= 11 is 0. The number of para-hydroxylation sites is 1. The minimum Gasteiger partial charge on any atom is -0.487 e. The average molecular weight is 444 g/mol. The van der Waals surface area contributed by atoms with Gasteiger partial charge in [0.25, 0.3) is 11.5 Å². The third kappa shape index (κ3) is 5.38. The molecule has 0 radical (unpaired) electrons. The van der Waals surface area contributed by atoms with E-state index in [1.807, 2.05) is 56.3 Å². The second-order valence-electron chi connectivity index (χ2n) is 7.60. The lowest BCUT2D eigenvalue weighted by Gasteiger charge is -2.17. The van der Waals surface area contributed by atoms with Gasteiger partial charge in [-0.1, -0.05) is 37.3 Å². The van der Waals surface area contributed by atoms with E-state index in [4.69, 9.17) is 9.47 Å². The van der Waals surface area contributed by atoms with Crippen LogP contribution in [0.4, 0.5) is 5.69 Å². The molecule has 2 aromatic carbocycles. The first kappa shape index (κ1) is 22.1. The molecule has 1 amide bonds. The fourth-order valence-corrected chi connectivity index (χ4v) is 3.41. The molecule has 4 rings (SSSR count). The lowest BCUT2D eigenvalue weighted by Crippen LogP contribution is -2.32. The first-order chi connectivity index (χ1) is 16.0. The van der Waals surface area contributed by atoms with Gasteiger partial charge in [-0.3, -0.25) is 14.0 Å². The third-order valence-corrected chi connectivity index (χ3v) is 5.11. The van der Waals surface area contributed by atoms with Gasteiger partial charge in [0, 0.05) is 24.0 Å². The number of ether oxygens (including phenoxy) is 2. The van der Waals surface area contributed by atoms with Crippen molar-refractivity contribution in [1.82, 2.24) is 9.38 Å². The summed E-state index contributed by atoms with van der Waals surface area (Å²) in [4.78, 5) is 29.6. The van der Waals surface area contributed by atoms with Crippen molar-refractivity contribution >= 4 is 17.2 Å². The fraction of sp³-hybridized carbons (Fsp3) is 0.192. The number of amides is 1. The van der Waals surface area contributed by atoms with E-state index in [9.17, 15) is 9.59 Å². The summed E-state index contributed by atoms with van der Waals surface area (Å²) in [7, 11) is 0. The molecule has 168 valence electrons. The van der Waals surface area contributed by atoms with E-state index in [-0.39, 0.29) is 18.1 Å².